The Morgan fingerprint density at radius 2 is 1.44 bits per heavy atom. The highest BCUT2D eigenvalue weighted by molar-refractivity contribution is 7.90. The van der Waals surface area contributed by atoms with E-state index >= 15 is 0 Å². The average molecular weight is 616 g/mol. The predicted octanol–water partition coefficient (Wildman–Crippen LogP) is 6.45. The summed E-state index contributed by atoms with van der Waals surface area (Å²) in [5.74, 6) is -1.37. The number of hydrogen-bond acceptors (Lipinski definition) is 5. The maximum atomic E-state index is 13.8. The first kappa shape index (κ1) is 29.5. The summed E-state index contributed by atoms with van der Waals surface area (Å²) in [6.45, 7) is 0.602. The zero-order valence-corrected chi connectivity index (χ0v) is 25.2. The Balaban J connectivity index is 1.39. The molecule has 0 aliphatic carbocycles. The number of benzene rings is 5. The van der Waals surface area contributed by atoms with E-state index in [9.17, 15) is 23.1 Å². The highest BCUT2D eigenvalue weighted by Gasteiger charge is 2.19. The van der Waals surface area contributed by atoms with Crippen molar-refractivity contribution in [3.05, 3.63) is 144 Å². The van der Waals surface area contributed by atoms with E-state index in [0.717, 1.165) is 33.9 Å². The van der Waals surface area contributed by atoms with Crippen molar-refractivity contribution in [3.8, 4) is 22.3 Å². The SMILES string of the molecule is CS(=O)(=O)c1cccc(-c2cc(C(=O)NCc3ccc(C(=O)O)cc3)c3c(cnn3Cc3cccc(-c4ccccc4)c3)c2)c1. The molecule has 0 spiro atoms. The van der Waals surface area contributed by atoms with Gasteiger partial charge in [0.2, 0.25) is 0 Å². The molecular formula is C36H29N3O5S. The highest BCUT2D eigenvalue weighted by atomic mass is 32.2. The predicted molar refractivity (Wildman–Crippen MR) is 174 cm³/mol. The number of hydrogen-bond donors (Lipinski definition) is 2. The molecular weight excluding hydrogens is 586 g/mol. The van der Waals surface area contributed by atoms with Crippen LogP contribution in [0.1, 0.15) is 31.8 Å². The molecule has 0 aliphatic rings. The summed E-state index contributed by atoms with van der Waals surface area (Å²) < 4.78 is 26.3. The van der Waals surface area contributed by atoms with Gasteiger partial charge in [-0.15, -0.1) is 0 Å². The third-order valence-electron chi connectivity index (χ3n) is 7.59. The van der Waals surface area contributed by atoms with Gasteiger partial charge in [0, 0.05) is 18.2 Å². The first-order valence-electron chi connectivity index (χ1n) is 14.2. The lowest BCUT2D eigenvalue weighted by molar-refractivity contribution is 0.0696. The van der Waals surface area contributed by atoms with Crippen LogP contribution in [0.2, 0.25) is 0 Å². The topological polar surface area (TPSA) is 118 Å². The minimum absolute atomic E-state index is 0.163. The molecule has 0 bridgehead atoms. The second-order valence-electron chi connectivity index (χ2n) is 10.8. The summed E-state index contributed by atoms with van der Waals surface area (Å²) >= 11 is 0. The lowest BCUT2D eigenvalue weighted by atomic mass is 9.99. The molecule has 9 heteroatoms. The maximum Gasteiger partial charge on any atom is 0.335 e. The van der Waals surface area contributed by atoms with Crippen LogP contribution < -0.4 is 5.32 Å². The van der Waals surface area contributed by atoms with Crippen molar-refractivity contribution in [1.29, 1.82) is 0 Å². The second-order valence-corrected chi connectivity index (χ2v) is 12.8. The Hall–Kier alpha value is -5.54. The minimum atomic E-state index is -3.44. The van der Waals surface area contributed by atoms with Crippen LogP contribution in [-0.2, 0) is 22.9 Å². The summed E-state index contributed by atoms with van der Waals surface area (Å²) in [7, 11) is -3.44. The van der Waals surface area contributed by atoms with Crippen LogP contribution >= 0.6 is 0 Å². The number of carboxylic acids is 1. The van der Waals surface area contributed by atoms with Gasteiger partial charge in [0.15, 0.2) is 9.84 Å². The van der Waals surface area contributed by atoms with Crippen LogP contribution in [0.4, 0.5) is 0 Å². The molecule has 224 valence electrons. The van der Waals surface area contributed by atoms with Gasteiger partial charge in [-0.05, 0) is 75.8 Å². The van der Waals surface area contributed by atoms with Crippen LogP contribution in [0.5, 0.6) is 0 Å². The number of carboxylic acid groups (broad SMARTS) is 1. The van der Waals surface area contributed by atoms with Gasteiger partial charge in [0.05, 0.1) is 34.3 Å². The van der Waals surface area contributed by atoms with Gasteiger partial charge in [-0.2, -0.15) is 5.10 Å². The highest BCUT2D eigenvalue weighted by Crippen LogP contribution is 2.30. The van der Waals surface area contributed by atoms with Gasteiger partial charge < -0.3 is 10.4 Å². The van der Waals surface area contributed by atoms with Crippen molar-refractivity contribution in [3.63, 3.8) is 0 Å². The first-order valence-corrected chi connectivity index (χ1v) is 16.1. The van der Waals surface area contributed by atoms with Crippen LogP contribution in [0.15, 0.2) is 126 Å². The number of nitrogens with one attached hydrogen (secondary N) is 1. The molecule has 0 fully saturated rings. The van der Waals surface area contributed by atoms with Crippen molar-refractivity contribution in [1.82, 2.24) is 15.1 Å². The van der Waals surface area contributed by atoms with Crippen molar-refractivity contribution in [2.24, 2.45) is 0 Å². The normalized spacial score (nSPS) is 11.4. The summed E-state index contributed by atoms with van der Waals surface area (Å²) in [4.78, 5) is 25.2. The van der Waals surface area contributed by atoms with Crippen molar-refractivity contribution in [2.45, 2.75) is 18.0 Å². The quantitative estimate of drug-likeness (QED) is 0.193. The number of carbonyl (C=O) groups excluding carboxylic acids is 1. The third-order valence-corrected chi connectivity index (χ3v) is 8.70. The van der Waals surface area contributed by atoms with Crippen LogP contribution in [0, 0.1) is 0 Å². The molecule has 6 rings (SSSR count). The lowest BCUT2D eigenvalue weighted by Crippen LogP contribution is -2.24. The fraction of sp³-hybridized carbons (Fsp3) is 0.0833. The molecule has 5 aromatic carbocycles. The molecule has 0 radical (unpaired) electrons. The van der Waals surface area contributed by atoms with E-state index in [1.807, 2.05) is 36.4 Å². The molecule has 0 aliphatic heterocycles. The van der Waals surface area contributed by atoms with Crippen molar-refractivity contribution >= 4 is 32.6 Å². The minimum Gasteiger partial charge on any atom is -0.478 e. The Morgan fingerprint density at radius 3 is 2.16 bits per heavy atom. The Bertz CT molecular complexity index is 2160. The van der Waals surface area contributed by atoms with Gasteiger partial charge in [0.25, 0.3) is 5.91 Å². The summed E-state index contributed by atoms with van der Waals surface area (Å²) in [6.07, 6.45) is 2.87. The van der Waals surface area contributed by atoms with Gasteiger partial charge in [0.1, 0.15) is 0 Å². The first-order chi connectivity index (χ1) is 21.7. The van der Waals surface area contributed by atoms with E-state index in [-0.39, 0.29) is 22.9 Å². The largest absolute Gasteiger partial charge is 0.478 e. The molecule has 0 saturated heterocycles. The van der Waals surface area contributed by atoms with E-state index < -0.39 is 15.8 Å². The standard InChI is InChI=1S/C36H29N3O5S/c1-45(43,44)32-12-6-11-29(19-32)30-18-31-22-38-39(23-25-7-5-10-28(17-25)26-8-3-2-4-9-26)34(31)33(20-30)35(40)37-21-24-13-15-27(16-14-24)36(41)42/h2-20,22H,21,23H2,1H3,(H,37,40)(H,41,42). The number of aromatic carboxylic acids is 1. The molecule has 2 N–H and O–H groups in total. The molecule has 6 aromatic rings. The van der Waals surface area contributed by atoms with Crippen molar-refractivity contribution in [2.75, 3.05) is 6.26 Å². The van der Waals surface area contributed by atoms with Crippen molar-refractivity contribution < 1.29 is 23.1 Å². The molecule has 1 aromatic heterocycles. The Kier molecular flexibility index (Phi) is 8.02. The molecule has 1 heterocycles. The monoisotopic (exact) mass is 615 g/mol. The summed E-state index contributed by atoms with van der Waals surface area (Å²) in [5.41, 5.74) is 6.44. The van der Waals surface area contributed by atoms with E-state index in [4.69, 9.17) is 0 Å². The van der Waals surface area contributed by atoms with E-state index in [0.29, 0.717) is 28.8 Å². The molecule has 8 nitrogen and oxygen atoms in total. The molecule has 1 amide bonds. The summed E-state index contributed by atoms with van der Waals surface area (Å²) in [5, 5.41) is 17.5. The van der Waals surface area contributed by atoms with E-state index in [2.05, 4.69) is 34.7 Å². The number of fused-ring (bicyclic) bond motifs is 1. The zero-order chi connectivity index (χ0) is 31.6. The van der Waals surface area contributed by atoms with Gasteiger partial charge in [-0.3, -0.25) is 9.48 Å². The average Bonchev–Trinajstić information content (AvgIpc) is 3.46. The van der Waals surface area contributed by atoms with E-state index in [1.54, 1.807) is 53.3 Å². The van der Waals surface area contributed by atoms with Crippen LogP contribution in [-0.4, -0.2) is 41.4 Å². The number of amides is 1. The third kappa shape index (κ3) is 6.53. The van der Waals surface area contributed by atoms with Gasteiger partial charge in [-0.1, -0.05) is 72.8 Å². The van der Waals surface area contributed by atoms with Gasteiger partial charge >= 0.3 is 5.97 Å². The van der Waals surface area contributed by atoms with E-state index in [1.165, 1.54) is 12.1 Å². The second kappa shape index (κ2) is 12.2. The number of sulfone groups is 1. The molecule has 45 heavy (non-hydrogen) atoms. The molecule has 0 saturated carbocycles. The number of nitrogens with zero attached hydrogens (tertiary/aromatic N) is 2. The van der Waals surface area contributed by atoms with Crippen LogP contribution in [0.25, 0.3) is 33.2 Å². The number of rotatable bonds is 9. The van der Waals surface area contributed by atoms with Crippen LogP contribution in [0.3, 0.4) is 0 Å². The number of carbonyl (C=O) groups is 2. The fourth-order valence-corrected chi connectivity index (χ4v) is 5.96. The molecule has 0 unspecified atom stereocenters. The molecule has 0 atom stereocenters. The maximum absolute atomic E-state index is 13.8. The Morgan fingerprint density at radius 1 is 0.756 bits per heavy atom. The smallest absolute Gasteiger partial charge is 0.335 e. The fourth-order valence-electron chi connectivity index (χ4n) is 5.29. The zero-order valence-electron chi connectivity index (χ0n) is 24.3. The summed E-state index contributed by atoms with van der Waals surface area (Å²) in [6, 6.07) is 34.9. The Labute approximate surface area is 260 Å². The lowest BCUT2D eigenvalue weighted by Gasteiger charge is -2.13. The van der Waals surface area contributed by atoms with Gasteiger partial charge in [-0.25, -0.2) is 13.2 Å². The number of aromatic nitrogens is 2.